The molecule has 2 saturated carbocycles. The zero-order valence-electron chi connectivity index (χ0n) is 20.5. The predicted molar refractivity (Wildman–Crippen MR) is 135 cm³/mol. The summed E-state index contributed by atoms with van der Waals surface area (Å²) in [4.78, 5) is 18.1. The van der Waals surface area contributed by atoms with E-state index >= 15 is 0 Å². The number of nitrogens with zero attached hydrogens (tertiary/aromatic N) is 2. The highest BCUT2D eigenvalue weighted by atomic mass is 16.2. The number of carbonyl (C=O) groups is 1. The van der Waals surface area contributed by atoms with Crippen molar-refractivity contribution in [3.63, 3.8) is 0 Å². The molecular weight excluding hydrogens is 404 g/mol. The molecule has 3 heteroatoms. The highest BCUT2D eigenvalue weighted by Crippen LogP contribution is 2.59. The van der Waals surface area contributed by atoms with Gasteiger partial charge in [-0.15, -0.1) is 0 Å². The second kappa shape index (κ2) is 9.25. The van der Waals surface area contributed by atoms with Gasteiger partial charge in [0.25, 0.3) is 0 Å². The third-order valence-electron chi connectivity index (χ3n) is 8.64. The second-order valence-corrected chi connectivity index (χ2v) is 11.8. The van der Waals surface area contributed by atoms with Crippen LogP contribution in [0.1, 0.15) is 63.5 Å². The SMILES string of the molecule is CC1CC2CC(C)(CC(=O)N3CCN(Cc4ccccc4)CC3)CC(c3ccccc3)(C1)C2. The van der Waals surface area contributed by atoms with E-state index in [1.807, 2.05) is 0 Å². The Kier molecular flexibility index (Phi) is 6.35. The van der Waals surface area contributed by atoms with Crippen LogP contribution in [0.3, 0.4) is 0 Å². The molecule has 1 aliphatic heterocycles. The van der Waals surface area contributed by atoms with Gasteiger partial charge in [-0.25, -0.2) is 0 Å². The summed E-state index contributed by atoms with van der Waals surface area (Å²) in [6, 6.07) is 21.9. The molecule has 0 radical (unpaired) electrons. The van der Waals surface area contributed by atoms with Crippen LogP contribution in [0.5, 0.6) is 0 Å². The van der Waals surface area contributed by atoms with Crippen LogP contribution < -0.4 is 0 Å². The maximum Gasteiger partial charge on any atom is 0.223 e. The summed E-state index contributed by atoms with van der Waals surface area (Å²) in [5.74, 6) is 1.92. The molecule has 3 aliphatic rings. The van der Waals surface area contributed by atoms with Crippen LogP contribution in [0.15, 0.2) is 60.7 Å². The molecule has 1 saturated heterocycles. The largest absolute Gasteiger partial charge is 0.340 e. The van der Waals surface area contributed by atoms with Crippen molar-refractivity contribution in [2.45, 2.75) is 64.3 Å². The van der Waals surface area contributed by atoms with Crippen molar-refractivity contribution in [3.8, 4) is 0 Å². The minimum atomic E-state index is 0.108. The molecule has 2 aromatic rings. The number of carbonyl (C=O) groups excluding carboxylic acids is 1. The summed E-state index contributed by atoms with van der Waals surface area (Å²) in [6.07, 6.45) is 7.00. The van der Waals surface area contributed by atoms with E-state index in [1.54, 1.807) is 0 Å². The van der Waals surface area contributed by atoms with Crippen LogP contribution in [-0.2, 0) is 16.8 Å². The fourth-order valence-electron chi connectivity index (χ4n) is 7.66. The highest BCUT2D eigenvalue weighted by Gasteiger charge is 2.51. The molecule has 1 heterocycles. The molecular formula is C30H40N2O. The molecule has 176 valence electrons. The lowest BCUT2D eigenvalue weighted by atomic mass is 9.50. The van der Waals surface area contributed by atoms with Crippen LogP contribution in [0.2, 0.25) is 0 Å². The number of piperazine rings is 1. The van der Waals surface area contributed by atoms with Gasteiger partial charge in [0.05, 0.1) is 0 Å². The summed E-state index contributed by atoms with van der Waals surface area (Å²) in [6.45, 7) is 9.53. The zero-order chi connectivity index (χ0) is 22.9. The van der Waals surface area contributed by atoms with E-state index < -0.39 is 0 Å². The number of hydrogen-bond donors (Lipinski definition) is 0. The highest BCUT2D eigenvalue weighted by molar-refractivity contribution is 5.77. The lowest BCUT2D eigenvalue weighted by molar-refractivity contribution is -0.137. The number of amides is 1. The van der Waals surface area contributed by atoms with Gasteiger partial charge in [-0.2, -0.15) is 0 Å². The number of benzene rings is 2. The Labute approximate surface area is 200 Å². The quantitative estimate of drug-likeness (QED) is 0.574. The topological polar surface area (TPSA) is 23.6 Å². The van der Waals surface area contributed by atoms with Crippen molar-refractivity contribution in [2.24, 2.45) is 17.3 Å². The third-order valence-corrected chi connectivity index (χ3v) is 8.64. The fourth-order valence-corrected chi connectivity index (χ4v) is 7.66. The Hall–Kier alpha value is -2.13. The first kappa shape index (κ1) is 22.7. The number of fused-ring (bicyclic) bond motifs is 2. The molecule has 1 amide bonds. The standard InChI is InChI=1S/C30H40N2O/c1-24-17-26-19-29(2,23-30(18-24,20-26)27-11-7-4-8-12-27)21-28(33)32-15-13-31(14-16-32)22-25-9-5-3-6-10-25/h3-12,24,26H,13-23H2,1-2H3. The maximum absolute atomic E-state index is 13.5. The average Bonchev–Trinajstić information content (AvgIpc) is 2.79. The Morgan fingerprint density at radius 1 is 0.909 bits per heavy atom. The monoisotopic (exact) mass is 444 g/mol. The van der Waals surface area contributed by atoms with Gasteiger partial charge < -0.3 is 4.90 Å². The second-order valence-electron chi connectivity index (χ2n) is 11.8. The van der Waals surface area contributed by atoms with Gasteiger partial charge in [0.1, 0.15) is 0 Å². The summed E-state index contributed by atoms with van der Waals surface area (Å²) >= 11 is 0. The molecule has 4 atom stereocenters. The molecule has 3 nitrogen and oxygen atoms in total. The van der Waals surface area contributed by atoms with Crippen molar-refractivity contribution in [2.75, 3.05) is 26.2 Å². The minimum Gasteiger partial charge on any atom is -0.340 e. The van der Waals surface area contributed by atoms with Crippen LogP contribution in [0.25, 0.3) is 0 Å². The van der Waals surface area contributed by atoms with Crippen molar-refractivity contribution >= 4 is 5.91 Å². The van der Waals surface area contributed by atoms with Crippen molar-refractivity contribution < 1.29 is 4.79 Å². The molecule has 33 heavy (non-hydrogen) atoms. The van der Waals surface area contributed by atoms with E-state index in [1.165, 1.54) is 36.8 Å². The minimum absolute atomic E-state index is 0.108. The number of rotatable bonds is 5. The first-order chi connectivity index (χ1) is 15.9. The molecule has 2 aromatic carbocycles. The van der Waals surface area contributed by atoms with Crippen molar-refractivity contribution in [3.05, 3.63) is 71.8 Å². The van der Waals surface area contributed by atoms with Crippen LogP contribution in [-0.4, -0.2) is 41.9 Å². The summed E-state index contributed by atoms with van der Waals surface area (Å²) in [5, 5.41) is 0. The summed E-state index contributed by atoms with van der Waals surface area (Å²) < 4.78 is 0. The number of hydrogen-bond acceptors (Lipinski definition) is 2. The Morgan fingerprint density at radius 3 is 2.27 bits per heavy atom. The first-order valence-corrected chi connectivity index (χ1v) is 13.0. The van der Waals surface area contributed by atoms with Gasteiger partial charge in [0.15, 0.2) is 0 Å². The summed E-state index contributed by atoms with van der Waals surface area (Å²) in [5.41, 5.74) is 3.23. The van der Waals surface area contributed by atoms with E-state index in [9.17, 15) is 4.79 Å². The van der Waals surface area contributed by atoms with Crippen molar-refractivity contribution in [1.29, 1.82) is 0 Å². The van der Waals surface area contributed by atoms with E-state index in [0.717, 1.165) is 51.0 Å². The van der Waals surface area contributed by atoms with Crippen LogP contribution in [0, 0.1) is 17.3 Å². The van der Waals surface area contributed by atoms with E-state index in [2.05, 4.69) is 84.3 Å². The average molecular weight is 445 g/mol. The van der Waals surface area contributed by atoms with Gasteiger partial charge in [-0.1, -0.05) is 74.5 Å². The Balaban J connectivity index is 1.23. The maximum atomic E-state index is 13.5. The van der Waals surface area contributed by atoms with E-state index in [0.29, 0.717) is 12.3 Å². The van der Waals surface area contributed by atoms with Gasteiger partial charge >= 0.3 is 0 Å². The Bertz CT molecular complexity index is 932. The van der Waals surface area contributed by atoms with Crippen LogP contribution in [0.4, 0.5) is 0 Å². The molecule has 2 bridgehead atoms. The molecule has 0 N–H and O–H groups in total. The normalized spacial score (nSPS) is 32.5. The zero-order valence-corrected chi connectivity index (χ0v) is 20.5. The van der Waals surface area contributed by atoms with E-state index in [4.69, 9.17) is 0 Å². The molecule has 0 spiro atoms. The third kappa shape index (κ3) is 5.04. The van der Waals surface area contributed by atoms with Crippen LogP contribution >= 0.6 is 0 Å². The molecule has 0 aromatic heterocycles. The first-order valence-electron chi connectivity index (χ1n) is 13.0. The van der Waals surface area contributed by atoms with Gasteiger partial charge in [-0.05, 0) is 65.9 Å². The molecule has 2 aliphatic carbocycles. The molecule has 3 fully saturated rings. The van der Waals surface area contributed by atoms with E-state index in [-0.39, 0.29) is 10.8 Å². The fraction of sp³-hybridized carbons (Fsp3) is 0.567. The Morgan fingerprint density at radius 2 is 1.58 bits per heavy atom. The van der Waals surface area contributed by atoms with Gasteiger partial charge in [0.2, 0.25) is 5.91 Å². The summed E-state index contributed by atoms with van der Waals surface area (Å²) in [7, 11) is 0. The van der Waals surface area contributed by atoms with Crippen molar-refractivity contribution in [1.82, 2.24) is 9.80 Å². The molecule has 5 rings (SSSR count). The lowest BCUT2D eigenvalue weighted by Crippen LogP contribution is -2.51. The molecule has 4 unspecified atom stereocenters. The predicted octanol–water partition coefficient (Wildman–Crippen LogP) is 5.90. The smallest absolute Gasteiger partial charge is 0.223 e. The van der Waals surface area contributed by atoms with Gasteiger partial charge in [-0.3, -0.25) is 9.69 Å². The lowest BCUT2D eigenvalue weighted by Gasteiger charge is -2.55. The van der Waals surface area contributed by atoms with Gasteiger partial charge in [0, 0.05) is 39.1 Å².